The summed E-state index contributed by atoms with van der Waals surface area (Å²) in [6, 6.07) is 7.52. The molecule has 2 atom stereocenters. The Bertz CT molecular complexity index is 789. The third-order valence-corrected chi connectivity index (χ3v) is 8.45. The summed E-state index contributed by atoms with van der Waals surface area (Å²) in [6.07, 6.45) is 1.52. The van der Waals surface area contributed by atoms with Crippen molar-refractivity contribution >= 4 is 54.3 Å². The normalized spacial score (nSPS) is 26.4. The lowest BCUT2D eigenvalue weighted by atomic mass is 10.0. The summed E-state index contributed by atoms with van der Waals surface area (Å²) in [7, 11) is -3.04. The molecule has 0 radical (unpaired) electrons. The molecule has 3 rings (SSSR count). The van der Waals surface area contributed by atoms with Gasteiger partial charge in [-0.25, -0.2) is 8.42 Å². The zero-order valence-corrected chi connectivity index (χ0v) is 17.4. The lowest BCUT2D eigenvalue weighted by molar-refractivity contribution is -0.121. The van der Waals surface area contributed by atoms with Gasteiger partial charge >= 0.3 is 0 Å². The summed E-state index contributed by atoms with van der Waals surface area (Å²) >= 11 is 4.84. The van der Waals surface area contributed by atoms with Crippen LogP contribution in [0.3, 0.4) is 0 Å². The maximum atomic E-state index is 12.5. The molecule has 2 fully saturated rings. The summed E-state index contributed by atoms with van der Waals surface area (Å²) in [4.78, 5) is 18.8. The average Bonchev–Trinajstić information content (AvgIpc) is 3.00. The summed E-state index contributed by atoms with van der Waals surface area (Å²) < 4.78 is 25.1. The number of rotatable bonds is 4. The van der Waals surface area contributed by atoms with Crippen LogP contribution in [0.5, 0.6) is 0 Å². The lowest BCUT2D eigenvalue weighted by Gasteiger charge is -2.24. The smallest absolute Gasteiger partial charge is 0.251 e. The molecule has 0 aromatic heterocycles. The molecule has 2 saturated heterocycles. The highest BCUT2D eigenvalue weighted by Crippen LogP contribution is 2.41. The number of carbonyl (C=O) groups is 1. The zero-order chi connectivity index (χ0) is 18.2. The average molecular weight is 445 g/mol. The number of amidine groups is 1. The Hall–Kier alpha value is -0.860. The first kappa shape index (κ1) is 18.9. The van der Waals surface area contributed by atoms with Crippen LogP contribution in [-0.4, -0.2) is 42.3 Å². The van der Waals surface area contributed by atoms with Crippen LogP contribution in [0.15, 0.2) is 33.7 Å². The van der Waals surface area contributed by atoms with E-state index < -0.39 is 9.84 Å². The van der Waals surface area contributed by atoms with E-state index in [1.54, 1.807) is 0 Å². The van der Waals surface area contributed by atoms with Crippen LogP contribution >= 0.6 is 27.7 Å². The molecule has 2 heterocycles. The fourth-order valence-electron chi connectivity index (χ4n) is 3.29. The van der Waals surface area contributed by atoms with Crippen molar-refractivity contribution < 1.29 is 13.2 Å². The minimum atomic E-state index is -3.04. The van der Waals surface area contributed by atoms with Crippen molar-refractivity contribution in [3.05, 3.63) is 28.7 Å². The van der Waals surface area contributed by atoms with Crippen molar-refractivity contribution in [3.8, 4) is 0 Å². The molecular weight excluding hydrogens is 424 g/mol. The molecule has 1 aromatic carbocycles. The standard InChI is InChI=1S/C17H21BrN2O3S2/c1-3-11(4-2)16(21)19-17-20(13-7-5-12(18)6-8-13)14-9-25(22,23)10-15(14)24-17/h5-8,11,14-15H,3-4,9-10H2,1-2H3. The zero-order valence-electron chi connectivity index (χ0n) is 14.2. The van der Waals surface area contributed by atoms with Crippen LogP contribution < -0.4 is 4.90 Å². The van der Waals surface area contributed by atoms with E-state index in [-0.39, 0.29) is 34.6 Å². The number of hydrogen-bond donors (Lipinski definition) is 0. The molecule has 0 bridgehead atoms. The Morgan fingerprint density at radius 3 is 2.52 bits per heavy atom. The van der Waals surface area contributed by atoms with Gasteiger partial charge in [-0.05, 0) is 37.1 Å². The van der Waals surface area contributed by atoms with E-state index >= 15 is 0 Å². The second-order valence-electron chi connectivity index (χ2n) is 6.39. The van der Waals surface area contributed by atoms with E-state index in [2.05, 4.69) is 20.9 Å². The van der Waals surface area contributed by atoms with Gasteiger partial charge in [0, 0.05) is 21.3 Å². The van der Waals surface area contributed by atoms with Gasteiger partial charge < -0.3 is 4.90 Å². The molecule has 2 unspecified atom stereocenters. The van der Waals surface area contributed by atoms with Crippen molar-refractivity contribution in [2.24, 2.45) is 10.9 Å². The Kier molecular flexibility index (Phi) is 5.60. The number of halogens is 1. The maximum absolute atomic E-state index is 12.5. The maximum Gasteiger partial charge on any atom is 0.251 e. The third kappa shape index (κ3) is 3.95. The van der Waals surface area contributed by atoms with E-state index in [0.29, 0.717) is 5.17 Å². The summed E-state index contributed by atoms with van der Waals surface area (Å²) in [5.41, 5.74) is 0.872. The van der Waals surface area contributed by atoms with Gasteiger partial charge in [0.1, 0.15) is 0 Å². The number of fused-ring (bicyclic) bond motifs is 1. The number of aliphatic imine (C=N–C) groups is 1. The van der Waals surface area contributed by atoms with Crippen LogP contribution in [0.25, 0.3) is 0 Å². The van der Waals surface area contributed by atoms with E-state index in [1.807, 2.05) is 43.0 Å². The van der Waals surface area contributed by atoms with Gasteiger partial charge in [-0.15, -0.1) is 0 Å². The molecular formula is C17H21BrN2O3S2. The van der Waals surface area contributed by atoms with Crippen molar-refractivity contribution in [3.63, 3.8) is 0 Å². The quantitative estimate of drug-likeness (QED) is 0.710. The number of amides is 1. The number of carbonyl (C=O) groups excluding carboxylic acids is 1. The molecule has 5 nitrogen and oxygen atoms in total. The molecule has 0 aliphatic carbocycles. The molecule has 0 saturated carbocycles. The highest BCUT2D eigenvalue weighted by molar-refractivity contribution is 9.10. The van der Waals surface area contributed by atoms with E-state index in [9.17, 15) is 13.2 Å². The molecule has 1 aromatic rings. The van der Waals surface area contributed by atoms with Gasteiger partial charge in [0.15, 0.2) is 15.0 Å². The van der Waals surface area contributed by atoms with E-state index in [1.165, 1.54) is 11.8 Å². The molecule has 0 spiro atoms. The van der Waals surface area contributed by atoms with Gasteiger partial charge in [0.2, 0.25) is 0 Å². The molecule has 25 heavy (non-hydrogen) atoms. The van der Waals surface area contributed by atoms with Gasteiger partial charge in [-0.2, -0.15) is 4.99 Å². The topological polar surface area (TPSA) is 66.8 Å². The van der Waals surface area contributed by atoms with Gasteiger partial charge in [-0.1, -0.05) is 41.5 Å². The lowest BCUT2D eigenvalue weighted by Crippen LogP contribution is -2.37. The van der Waals surface area contributed by atoms with Crippen LogP contribution in [0, 0.1) is 5.92 Å². The highest BCUT2D eigenvalue weighted by Gasteiger charge is 2.49. The first-order valence-electron chi connectivity index (χ1n) is 8.39. The van der Waals surface area contributed by atoms with Crippen LogP contribution in [-0.2, 0) is 14.6 Å². The Morgan fingerprint density at radius 1 is 1.28 bits per heavy atom. The van der Waals surface area contributed by atoms with Crippen LogP contribution in [0.4, 0.5) is 5.69 Å². The Balaban J connectivity index is 1.97. The second-order valence-corrected chi connectivity index (χ2v) is 10.7. The first-order chi connectivity index (χ1) is 11.8. The van der Waals surface area contributed by atoms with Crippen molar-refractivity contribution in [1.82, 2.24) is 0 Å². The molecule has 2 aliphatic heterocycles. The van der Waals surface area contributed by atoms with Gasteiger partial charge in [0.25, 0.3) is 5.91 Å². The molecule has 2 aliphatic rings. The largest absolute Gasteiger partial charge is 0.316 e. The fraction of sp³-hybridized carbons (Fsp3) is 0.529. The van der Waals surface area contributed by atoms with E-state index in [0.717, 1.165) is 23.0 Å². The second kappa shape index (κ2) is 7.40. The SMILES string of the molecule is CCC(CC)C(=O)N=C1SC2CS(=O)(=O)CC2N1c1ccc(Br)cc1. The summed E-state index contributed by atoms with van der Waals surface area (Å²) in [5.74, 6) is 0.0634. The monoisotopic (exact) mass is 444 g/mol. The summed E-state index contributed by atoms with van der Waals surface area (Å²) in [5, 5.41) is 0.561. The molecule has 8 heteroatoms. The van der Waals surface area contributed by atoms with Gasteiger partial charge in [0.05, 0.1) is 17.5 Å². The fourth-order valence-corrected chi connectivity index (χ4v) is 7.48. The molecule has 0 N–H and O–H groups in total. The van der Waals surface area contributed by atoms with Crippen molar-refractivity contribution in [2.45, 2.75) is 38.0 Å². The minimum Gasteiger partial charge on any atom is -0.316 e. The number of benzene rings is 1. The number of sulfone groups is 1. The third-order valence-electron chi connectivity index (χ3n) is 4.71. The molecule has 136 valence electrons. The van der Waals surface area contributed by atoms with Gasteiger partial charge in [-0.3, -0.25) is 4.79 Å². The molecule has 1 amide bonds. The van der Waals surface area contributed by atoms with Crippen LogP contribution in [0.2, 0.25) is 0 Å². The number of anilines is 1. The van der Waals surface area contributed by atoms with Crippen molar-refractivity contribution in [2.75, 3.05) is 16.4 Å². The number of thioether (sulfide) groups is 1. The highest BCUT2D eigenvalue weighted by atomic mass is 79.9. The number of nitrogens with zero attached hydrogens (tertiary/aromatic N) is 2. The Morgan fingerprint density at radius 2 is 1.92 bits per heavy atom. The first-order valence-corrected chi connectivity index (χ1v) is 11.9. The summed E-state index contributed by atoms with van der Waals surface area (Å²) in [6.45, 7) is 3.98. The van der Waals surface area contributed by atoms with E-state index in [4.69, 9.17) is 0 Å². The van der Waals surface area contributed by atoms with Crippen LogP contribution in [0.1, 0.15) is 26.7 Å². The predicted molar refractivity (Wildman–Crippen MR) is 107 cm³/mol. The minimum absolute atomic E-state index is 0.0677. The predicted octanol–water partition coefficient (Wildman–Crippen LogP) is 3.49. The Labute approximate surface area is 161 Å². The number of hydrogen-bond acceptors (Lipinski definition) is 4. The van der Waals surface area contributed by atoms with Crippen molar-refractivity contribution in [1.29, 1.82) is 0 Å².